The normalized spacial score (nSPS) is 26.5. The third-order valence-electron chi connectivity index (χ3n) is 4.54. The number of carbonyl (C=O) groups excluding carboxylic acids is 1. The molecule has 2 heteroatoms. The summed E-state index contributed by atoms with van der Waals surface area (Å²) in [4.78, 5) is 13.0. The lowest BCUT2D eigenvalue weighted by Gasteiger charge is -2.38. The molecule has 0 saturated heterocycles. The zero-order valence-electron chi connectivity index (χ0n) is 13.2. The van der Waals surface area contributed by atoms with Crippen LogP contribution in [-0.2, 0) is 4.74 Å². The van der Waals surface area contributed by atoms with E-state index >= 15 is 0 Å². The van der Waals surface area contributed by atoms with E-state index < -0.39 is 5.60 Å². The summed E-state index contributed by atoms with van der Waals surface area (Å²) < 4.78 is 5.97. The summed E-state index contributed by atoms with van der Waals surface area (Å²) in [6.07, 6.45) is 3.87. The highest BCUT2D eigenvalue weighted by atomic mass is 16.5. The first kappa shape index (κ1) is 15.2. The maximum Gasteiger partial charge on any atom is 0.194 e. The monoisotopic (exact) mass is 274 g/mol. The third-order valence-corrected chi connectivity index (χ3v) is 4.54. The molecule has 1 aromatic carbocycles. The number of carbonyl (C=O) groups is 1. The van der Waals surface area contributed by atoms with Crippen LogP contribution in [0.15, 0.2) is 18.2 Å². The topological polar surface area (TPSA) is 26.3 Å². The van der Waals surface area contributed by atoms with Crippen LogP contribution in [0.5, 0.6) is 0 Å². The lowest BCUT2D eigenvalue weighted by molar-refractivity contribution is -0.0474. The van der Waals surface area contributed by atoms with Gasteiger partial charge in [-0.05, 0) is 57.9 Å². The first-order valence-corrected chi connectivity index (χ1v) is 7.74. The van der Waals surface area contributed by atoms with E-state index in [1.165, 1.54) is 5.56 Å². The van der Waals surface area contributed by atoms with Crippen LogP contribution < -0.4 is 0 Å². The number of ketones is 1. The minimum Gasteiger partial charge on any atom is -0.367 e. The van der Waals surface area contributed by atoms with Crippen molar-refractivity contribution in [2.75, 3.05) is 6.61 Å². The van der Waals surface area contributed by atoms with Gasteiger partial charge in [-0.3, -0.25) is 4.79 Å². The van der Waals surface area contributed by atoms with Crippen molar-refractivity contribution in [1.29, 1.82) is 0 Å². The number of hydrogen-bond donors (Lipinski definition) is 0. The summed E-state index contributed by atoms with van der Waals surface area (Å²) in [6, 6.07) is 6.06. The Bertz CT molecular complexity index is 482. The van der Waals surface area contributed by atoms with Gasteiger partial charge in [-0.1, -0.05) is 30.7 Å². The Morgan fingerprint density at radius 3 is 2.50 bits per heavy atom. The molecule has 0 spiro atoms. The van der Waals surface area contributed by atoms with Gasteiger partial charge >= 0.3 is 0 Å². The minimum atomic E-state index is -0.582. The maximum atomic E-state index is 13.0. The molecule has 0 atom stereocenters. The summed E-state index contributed by atoms with van der Waals surface area (Å²) >= 11 is 0. The average Bonchev–Trinajstić information content (AvgIpc) is 2.41. The quantitative estimate of drug-likeness (QED) is 0.757. The van der Waals surface area contributed by atoms with Crippen molar-refractivity contribution in [1.82, 2.24) is 0 Å². The molecule has 0 aromatic heterocycles. The van der Waals surface area contributed by atoms with Gasteiger partial charge in [0.1, 0.15) is 5.60 Å². The second-order valence-corrected chi connectivity index (χ2v) is 6.26. The summed E-state index contributed by atoms with van der Waals surface area (Å²) in [5, 5.41) is 0. The smallest absolute Gasteiger partial charge is 0.194 e. The second kappa shape index (κ2) is 6.09. The largest absolute Gasteiger partial charge is 0.367 e. The Labute approximate surface area is 122 Å². The van der Waals surface area contributed by atoms with Crippen LogP contribution >= 0.6 is 0 Å². The fraction of sp³-hybridized carbons (Fsp3) is 0.611. The van der Waals surface area contributed by atoms with Crippen molar-refractivity contribution in [2.24, 2.45) is 5.92 Å². The minimum absolute atomic E-state index is 0.184. The van der Waals surface area contributed by atoms with E-state index in [0.29, 0.717) is 12.5 Å². The van der Waals surface area contributed by atoms with Crippen LogP contribution in [0.2, 0.25) is 0 Å². The van der Waals surface area contributed by atoms with E-state index in [4.69, 9.17) is 4.74 Å². The van der Waals surface area contributed by atoms with Crippen molar-refractivity contribution in [3.05, 3.63) is 34.9 Å². The number of ether oxygens (including phenoxy) is 1. The highest BCUT2D eigenvalue weighted by Gasteiger charge is 2.42. The van der Waals surface area contributed by atoms with Crippen molar-refractivity contribution >= 4 is 5.78 Å². The second-order valence-electron chi connectivity index (χ2n) is 6.26. The summed E-state index contributed by atoms with van der Waals surface area (Å²) in [6.45, 7) is 8.92. The average molecular weight is 274 g/mol. The lowest BCUT2D eigenvalue weighted by atomic mass is 9.75. The molecule has 0 radical (unpaired) electrons. The SMILES string of the molecule is CCOC1(C(=O)c2ccc(C)cc2C)CCC(C)CC1. The molecule has 0 bridgehead atoms. The van der Waals surface area contributed by atoms with Crippen molar-refractivity contribution in [3.63, 3.8) is 0 Å². The molecule has 1 saturated carbocycles. The fourth-order valence-electron chi connectivity index (χ4n) is 3.26. The van der Waals surface area contributed by atoms with Gasteiger partial charge in [-0.25, -0.2) is 0 Å². The van der Waals surface area contributed by atoms with Crippen molar-refractivity contribution < 1.29 is 9.53 Å². The number of Topliss-reactive ketones (excluding diaryl/α,β-unsaturated/α-hetero) is 1. The molecule has 0 N–H and O–H groups in total. The number of aryl methyl sites for hydroxylation is 2. The molecule has 110 valence electrons. The highest BCUT2D eigenvalue weighted by Crippen LogP contribution is 2.37. The Balaban J connectivity index is 2.31. The molecule has 2 rings (SSSR count). The van der Waals surface area contributed by atoms with Crippen LogP contribution in [-0.4, -0.2) is 18.0 Å². The van der Waals surface area contributed by atoms with E-state index in [1.807, 2.05) is 26.0 Å². The van der Waals surface area contributed by atoms with Crippen LogP contribution in [0.25, 0.3) is 0 Å². The fourth-order valence-corrected chi connectivity index (χ4v) is 3.26. The van der Waals surface area contributed by atoms with Crippen LogP contribution in [0.1, 0.15) is 61.0 Å². The number of hydrogen-bond acceptors (Lipinski definition) is 2. The van der Waals surface area contributed by atoms with Crippen LogP contribution in [0, 0.1) is 19.8 Å². The van der Waals surface area contributed by atoms with Gasteiger partial charge in [-0.15, -0.1) is 0 Å². The molecule has 1 aliphatic rings. The van der Waals surface area contributed by atoms with E-state index in [2.05, 4.69) is 19.9 Å². The molecule has 2 nitrogen and oxygen atoms in total. The summed E-state index contributed by atoms with van der Waals surface area (Å²) in [7, 11) is 0. The Hall–Kier alpha value is -1.15. The predicted octanol–water partition coefficient (Wildman–Crippen LogP) is 4.47. The standard InChI is InChI=1S/C18H26O2/c1-5-20-18(10-8-13(2)9-11-18)17(19)16-7-6-14(3)12-15(16)4/h6-7,12-13H,5,8-11H2,1-4H3. The lowest BCUT2D eigenvalue weighted by Crippen LogP contribution is -2.45. The van der Waals surface area contributed by atoms with Gasteiger partial charge < -0.3 is 4.74 Å². The molecule has 0 amide bonds. The Morgan fingerprint density at radius 1 is 1.30 bits per heavy atom. The summed E-state index contributed by atoms with van der Waals surface area (Å²) in [5.74, 6) is 0.888. The van der Waals surface area contributed by atoms with Gasteiger partial charge in [0.25, 0.3) is 0 Å². The predicted molar refractivity (Wildman–Crippen MR) is 82.2 cm³/mol. The molecule has 0 unspecified atom stereocenters. The van der Waals surface area contributed by atoms with E-state index in [9.17, 15) is 4.79 Å². The molecule has 1 fully saturated rings. The van der Waals surface area contributed by atoms with Crippen molar-refractivity contribution in [3.8, 4) is 0 Å². The maximum absolute atomic E-state index is 13.0. The zero-order valence-corrected chi connectivity index (χ0v) is 13.2. The van der Waals surface area contributed by atoms with Crippen LogP contribution in [0.4, 0.5) is 0 Å². The summed E-state index contributed by atoms with van der Waals surface area (Å²) in [5.41, 5.74) is 2.51. The molecule has 0 aliphatic heterocycles. The van der Waals surface area contributed by atoms with Gasteiger partial charge in [-0.2, -0.15) is 0 Å². The van der Waals surface area contributed by atoms with Gasteiger partial charge in [0.05, 0.1) is 0 Å². The van der Waals surface area contributed by atoms with Gasteiger partial charge in [0.2, 0.25) is 0 Å². The highest BCUT2D eigenvalue weighted by molar-refractivity contribution is 6.03. The first-order chi connectivity index (χ1) is 9.48. The van der Waals surface area contributed by atoms with Gasteiger partial charge in [0, 0.05) is 12.2 Å². The Morgan fingerprint density at radius 2 is 1.95 bits per heavy atom. The zero-order chi connectivity index (χ0) is 14.8. The van der Waals surface area contributed by atoms with Crippen LogP contribution in [0.3, 0.4) is 0 Å². The number of benzene rings is 1. The number of rotatable bonds is 4. The molecule has 1 aromatic rings. The van der Waals surface area contributed by atoms with E-state index in [0.717, 1.165) is 36.8 Å². The van der Waals surface area contributed by atoms with E-state index in [1.54, 1.807) is 0 Å². The van der Waals surface area contributed by atoms with E-state index in [-0.39, 0.29) is 5.78 Å². The molecule has 0 heterocycles. The molecular weight excluding hydrogens is 248 g/mol. The Kier molecular flexibility index (Phi) is 4.64. The third kappa shape index (κ3) is 2.95. The van der Waals surface area contributed by atoms with Gasteiger partial charge in [0.15, 0.2) is 5.78 Å². The first-order valence-electron chi connectivity index (χ1n) is 7.74. The van der Waals surface area contributed by atoms with Crippen molar-refractivity contribution in [2.45, 2.75) is 59.0 Å². The molecular formula is C18H26O2. The molecule has 1 aliphatic carbocycles. The molecule has 20 heavy (non-hydrogen) atoms.